The lowest BCUT2D eigenvalue weighted by molar-refractivity contribution is -0.117. The van der Waals surface area contributed by atoms with E-state index in [2.05, 4.69) is 10.3 Å². The number of anilines is 2. The second kappa shape index (κ2) is 6.37. The number of carbonyl (C=O) groups is 2. The summed E-state index contributed by atoms with van der Waals surface area (Å²) in [4.78, 5) is 29.8. The van der Waals surface area contributed by atoms with Crippen molar-refractivity contribution >= 4 is 34.0 Å². The zero-order valence-corrected chi connectivity index (χ0v) is 13.5. The molecule has 3 rings (SSSR count). The summed E-state index contributed by atoms with van der Waals surface area (Å²) in [6.45, 7) is 2.55. The summed E-state index contributed by atoms with van der Waals surface area (Å²) >= 11 is 1.37. The zero-order valence-electron chi connectivity index (χ0n) is 12.7. The molecule has 2 N–H and O–H groups in total. The van der Waals surface area contributed by atoms with Crippen molar-refractivity contribution in [2.24, 2.45) is 0 Å². The van der Waals surface area contributed by atoms with E-state index in [4.69, 9.17) is 0 Å². The second-order valence-corrected chi connectivity index (χ2v) is 6.35. The number of phenolic OH excluding ortho intramolecular Hbond substituents is 1. The highest BCUT2D eigenvalue weighted by molar-refractivity contribution is 7.14. The summed E-state index contributed by atoms with van der Waals surface area (Å²) in [7, 11) is 0. The fourth-order valence-corrected chi connectivity index (χ4v) is 3.33. The molecule has 0 saturated carbocycles. The van der Waals surface area contributed by atoms with Gasteiger partial charge < -0.3 is 10.4 Å². The van der Waals surface area contributed by atoms with Crippen molar-refractivity contribution in [1.82, 2.24) is 4.98 Å². The molecule has 23 heavy (non-hydrogen) atoms. The number of hydrogen-bond acceptors (Lipinski definition) is 5. The number of aromatic nitrogens is 1. The van der Waals surface area contributed by atoms with Gasteiger partial charge >= 0.3 is 0 Å². The van der Waals surface area contributed by atoms with Gasteiger partial charge in [0.25, 0.3) is 0 Å². The average Bonchev–Trinajstić information content (AvgIpc) is 3.10. The summed E-state index contributed by atoms with van der Waals surface area (Å²) in [5.74, 6) is -0.131. The van der Waals surface area contributed by atoms with Crippen LogP contribution in [0.25, 0.3) is 0 Å². The summed E-state index contributed by atoms with van der Waals surface area (Å²) < 4.78 is 0. The van der Waals surface area contributed by atoms with E-state index in [1.165, 1.54) is 11.3 Å². The molecule has 0 spiro atoms. The summed E-state index contributed by atoms with van der Waals surface area (Å²) in [6.07, 6.45) is 1.51. The molecule has 7 heteroatoms. The molecule has 0 aliphatic carbocycles. The van der Waals surface area contributed by atoms with Crippen LogP contribution in [0.2, 0.25) is 0 Å². The normalized spacial score (nSPS) is 14.3. The van der Waals surface area contributed by atoms with Crippen molar-refractivity contribution < 1.29 is 14.7 Å². The van der Waals surface area contributed by atoms with Crippen molar-refractivity contribution in [1.29, 1.82) is 0 Å². The Kier molecular flexibility index (Phi) is 4.29. The molecule has 120 valence electrons. The minimum Gasteiger partial charge on any atom is -0.506 e. The van der Waals surface area contributed by atoms with E-state index < -0.39 is 0 Å². The van der Waals surface area contributed by atoms with Gasteiger partial charge in [-0.25, -0.2) is 4.98 Å². The largest absolute Gasteiger partial charge is 0.506 e. The van der Waals surface area contributed by atoms with E-state index in [1.54, 1.807) is 22.4 Å². The Morgan fingerprint density at radius 2 is 2.30 bits per heavy atom. The maximum absolute atomic E-state index is 12.1. The van der Waals surface area contributed by atoms with Gasteiger partial charge in [0.15, 0.2) is 5.13 Å². The van der Waals surface area contributed by atoms with Gasteiger partial charge in [-0.15, -0.1) is 11.3 Å². The van der Waals surface area contributed by atoms with Gasteiger partial charge in [0.1, 0.15) is 5.75 Å². The maximum atomic E-state index is 12.1. The first kappa shape index (κ1) is 15.5. The molecule has 6 nitrogen and oxygen atoms in total. The second-order valence-electron chi connectivity index (χ2n) is 5.52. The number of amides is 2. The van der Waals surface area contributed by atoms with Gasteiger partial charge in [-0.1, -0.05) is 6.07 Å². The van der Waals surface area contributed by atoms with Crippen LogP contribution in [0.3, 0.4) is 0 Å². The zero-order chi connectivity index (χ0) is 16.4. The van der Waals surface area contributed by atoms with Crippen molar-refractivity contribution in [2.45, 2.75) is 26.2 Å². The van der Waals surface area contributed by atoms with E-state index >= 15 is 0 Å². The van der Waals surface area contributed by atoms with Crippen LogP contribution in [-0.4, -0.2) is 28.4 Å². The van der Waals surface area contributed by atoms with E-state index in [1.807, 2.05) is 13.0 Å². The highest BCUT2D eigenvalue weighted by Gasteiger charge is 2.24. The molecule has 2 heterocycles. The van der Waals surface area contributed by atoms with Gasteiger partial charge in [0.2, 0.25) is 11.8 Å². The van der Waals surface area contributed by atoms with Crippen LogP contribution < -0.4 is 10.2 Å². The van der Waals surface area contributed by atoms with Crippen molar-refractivity contribution in [2.75, 3.05) is 16.8 Å². The Labute approximate surface area is 137 Å². The molecule has 0 unspecified atom stereocenters. The minimum atomic E-state index is -0.256. The molecule has 1 aromatic carbocycles. The van der Waals surface area contributed by atoms with Crippen molar-refractivity contribution in [3.05, 3.63) is 34.8 Å². The van der Waals surface area contributed by atoms with Crippen LogP contribution >= 0.6 is 11.3 Å². The van der Waals surface area contributed by atoms with E-state index in [0.717, 1.165) is 12.0 Å². The molecule has 2 aromatic rings. The fraction of sp³-hybridized carbons (Fsp3) is 0.312. The Bertz CT molecular complexity index is 757. The Balaban J connectivity index is 1.64. The van der Waals surface area contributed by atoms with Crippen molar-refractivity contribution in [3.8, 4) is 5.75 Å². The highest BCUT2D eigenvalue weighted by atomic mass is 32.1. The average molecular weight is 331 g/mol. The number of phenols is 1. The van der Waals surface area contributed by atoms with E-state index in [9.17, 15) is 14.7 Å². The molecule has 0 radical (unpaired) electrons. The SMILES string of the molecule is Cc1ccc(NC(=O)Cc2csc(N3CCCC3=O)n2)c(O)c1. The lowest BCUT2D eigenvalue weighted by atomic mass is 10.2. The van der Waals surface area contributed by atoms with Gasteiger partial charge in [0.05, 0.1) is 17.8 Å². The van der Waals surface area contributed by atoms with Crippen LogP contribution in [0.4, 0.5) is 10.8 Å². The van der Waals surface area contributed by atoms with E-state index in [-0.39, 0.29) is 24.0 Å². The molecule has 2 amide bonds. The number of nitrogens with one attached hydrogen (secondary N) is 1. The lowest BCUT2D eigenvalue weighted by Crippen LogP contribution is -2.23. The van der Waals surface area contributed by atoms with Crippen LogP contribution in [0.1, 0.15) is 24.1 Å². The third-order valence-electron chi connectivity index (χ3n) is 3.61. The smallest absolute Gasteiger partial charge is 0.230 e. The Hall–Kier alpha value is -2.41. The first-order chi connectivity index (χ1) is 11.0. The molecular weight excluding hydrogens is 314 g/mol. The van der Waals surface area contributed by atoms with E-state index in [0.29, 0.717) is 29.5 Å². The standard InChI is InChI=1S/C16H17N3O3S/c1-10-4-5-12(13(20)7-10)18-14(21)8-11-9-23-16(17-11)19-6-2-3-15(19)22/h4-5,7,9,20H,2-3,6,8H2,1H3,(H,18,21). The number of thiazole rings is 1. The van der Waals surface area contributed by atoms with Gasteiger partial charge in [-0.3, -0.25) is 14.5 Å². The molecule has 0 bridgehead atoms. The summed E-state index contributed by atoms with van der Waals surface area (Å²) in [6, 6.07) is 5.07. The monoisotopic (exact) mass is 331 g/mol. The number of hydrogen-bond donors (Lipinski definition) is 2. The Morgan fingerprint density at radius 1 is 1.48 bits per heavy atom. The van der Waals surface area contributed by atoms with Crippen molar-refractivity contribution in [3.63, 3.8) is 0 Å². The fourth-order valence-electron chi connectivity index (χ4n) is 2.46. The summed E-state index contributed by atoms with van der Waals surface area (Å²) in [5, 5.41) is 14.9. The molecule has 1 saturated heterocycles. The lowest BCUT2D eigenvalue weighted by Gasteiger charge is -2.10. The minimum absolute atomic E-state index is 0.0416. The predicted molar refractivity (Wildman–Crippen MR) is 88.9 cm³/mol. The quantitative estimate of drug-likeness (QED) is 0.843. The maximum Gasteiger partial charge on any atom is 0.230 e. The molecule has 1 aromatic heterocycles. The van der Waals surface area contributed by atoms with Crippen LogP contribution in [0.5, 0.6) is 5.75 Å². The topological polar surface area (TPSA) is 82.5 Å². The number of carbonyl (C=O) groups excluding carboxylic acids is 2. The highest BCUT2D eigenvalue weighted by Crippen LogP contribution is 2.26. The molecule has 1 fully saturated rings. The number of benzene rings is 1. The van der Waals surface area contributed by atoms with Crippen LogP contribution in [0.15, 0.2) is 23.6 Å². The Morgan fingerprint density at radius 3 is 3.00 bits per heavy atom. The summed E-state index contributed by atoms with van der Waals surface area (Å²) in [5.41, 5.74) is 1.92. The van der Waals surface area contributed by atoms with Gasteiger partial charge in [-0.05, 0) is 31.0 Å². The molecular formula is C16H17N3O3S. The van der Waals surface area contributed by atoms with Crippen LogP contribution in [0, 0.1) is 6.92 Å². The first-order valence-electron chi connectivity index (χ1n) is 7.37. The third kappa shape index (κ3) is 3.50. The number of aryl methyl sites for hydroxylation is 1. The van der Waals surface area contributed by atoms with Gasteiger partial charge in [-0.2, -0.15) is 0 Å². The number of nitrogens with zero attached hydrogens (tertiary/aromatic N) is 2. The number of aromatic hydroxyl groups is 1. The number of rotatable bonds is 4. The first-order valence-corrected chi connectivity index (χ1v) is 8.25. The molecule has 0 atom stereocenters. The molecule has 1 aliphatic rings. The van der Waals surface area contributed by atoms with Gasteiger partial charge in [0, 0.05) is 18.3 Å². The molecule has 1 aliphatic heterocycles. The predicted octanol–water partition coefficient (Wildman–Crippen LogP) is 2.47. The third-order valence-corrected chi connectivity index (χ3v) is 4.53. The van der Waals surface area contributed by atoms with Crippen LogP contribution in [-0.2, 0) is 16.0 Å².